The number of esters is 2. The van der Waals surface area contributed by atoms with Crippen molar-refractivity contribution in [2.45, 2.75) is 25.6 Å². The van der Waals surface area contributed by atoms with Gasteiger partial charge in [0, 0.05) is 6.42 Å². The molecule has 1 aliphatic rings. The smallest absolute Gasteiger partial charge is 0.339 e. The summed E-state index contributed by atoms with van der Waals surface area (Å²) in [6, 6.07) is 14.0. The standard InChI is InChI=1S/C19H17NO5/c1-11(17(20)21)24-18(22)13-7-8-15-14(9-13)10-16(25-19(15)23)12-5-3-2-4-6-12/h2-9,11,16H,10H2,1H3,(H2,20,21)/t11-,16+/m1/s1. The molecule has 0 radical (unpaired) electrons. The Morgan fingerprint density at radius 2 is 1.92 bits per heavy atom. The first-order valence-electron chi connectivity index (χ1n) is 7.85. The highest BCUT2D eigenvalue weighted by Gasteiger charge is 2.28. The van der Waals surface area contributed by atoms with Gasteiger partial charge in [-0.2, -0.15) is 0 Å². The molecule has 128 valence electrons. The van der Waals surface area contributed by atoms with E-state index < -0.39 is 30.1 Å². The first kappa shape index (κ1) is 16.7. The van der Waals surface area contributed by atoms with Crippen LogP contribution in [0.1, 0.15) is 44.9 Å². The van der Waals surface area contributed by atoms with E-state index in [0.717, 1.165) is 5.56 Å². The molecule has 2 N–H and O–H groups in total. The maximum atomic E-state index is 12.2. The van der Waals surface area contributed by atoms with E-state index in [9.17, 15) is 14.4 Å². The van der Waals surface area contributed by atoms with Crippen LogP contribution in [0.25, 0.3) is 0 Å². The van der Waals surface area contributed by atoms with Crippen LogP contribution in [0.5, 0.6) is 0 Å². The minimum absolute atomic E-state index is 0.258. The van der Waals surface area contributed by atoms with E-state index in [1.165, 1.54) is 19.1 Å². The Hall–Kier alpha value is -3.15. The number of hydrogen-bond donors (Lipinski definition) is 1. The number of carbonyl (C=O) groups is 3. The molecule has 0 saturated heterocycles. The summed E-state index contributed by atoms with van der Waals surface area (Å²) in [4.78, 5) is 35.4. The number of amides is 1. The van der Waals surface area contributed by atoms with Crippen molar-refractivity contribution in [2.75, 3.05) is 0 Å². The predicted octanol–water partition coefficient (Wildman–Crippen LogP) is 2.17. The first-order chi connectivity index (χ1) is 12.0. The zero-order valence-electron chi connectivity index (χ0n) is 13.6. The number of benzene rings is 2. The van der Waals surface area contributed by atoms with Crippen LogP contribution in [0.4, 0.5) is 0 Å². The van der Waals surface area contributed by atoms with Gasteiger partial charge in [0.2, 0.25) is 0 Å². The number of primary amides is 1. The SMILES string of the molecule is C[C@@H](OC(=O)c1ccc2c(c1)C[C@@H](c1ccccc1)OC2=O)C(N)=O. The highest BCUT2D eigenvalue weighted by atomic mass is 16.5. The molecule has 1 amide bonds. The molecular weight excluding hydrogens is 322 g/mol. The second kappa shape index (κ2) is 6.76. The van der Waals surface area contributed by atoms with E-state index in [1.807, 2.05) is 30.3 Å². The molecule has 0 aliphatic carbocycles. The number of nitrogens with two attached hydrogens (primary N) is 1. The molecule has 25 heavy (non-hydrogen) atoms. The second-order valence-corrected chi connectivity index (χ2v) is 5.83. The molecule has 2 atom stereocenters. The fraction of sp³-hybridized carbons (Fsp3) is 0.211. The lowest BCUT2D eigenvalue weighted by Crippen LogP contribution is -2.30. The van der Waals surface area contributed by atoms with Gasteiger partial charge in [-0.05, 0) is 36.2 Å². The van der Waals surface area contributed by atoms with Gasteiger partial charge in [0.25, 0.3) is 5.91 Å². The normalized spacial score (nSPS) is 17.2. The number of carbonyl (C=O) groups excluding carboxylic acids is 3. The Bertz CT molecular complexity index is 831. The van der Waals surface area contributed by atoms with E-state index in [-0.39, 0.29) is 5.56 Å². The molecule has 1 aliphatic heterocycles. The molecule has 2 aromatic carbocycles. The Morgan fingerprint density at radius 3 is 2.60 bits per heavy atom. The lowest BCUT2D eigenvalue weighted by Gasteiger charge is -2.25. The molecule has 0 unspecified atom stereocenters. The number of hydrogen-bond acceptors (Lipinski definition) is 5. The third kappa shape index (κ3) is 3.52. The maximum Gasteiger partial charge on any atom is 0.339 e. The molecule has 6 heteroatoms. The average Bonchev–Trinajstić information content (AvgIpc) is 2.61. The van der Waals surface area contributed by atoms with Crippen molar-refractivity contribution in [3.8, 4) is 0 Å². The summed E-state index contributed by atoms with van der Waals surface area (Å²) >= 11 is 0. The predicted molar refractivity (Wildman–Crippen MR) is 88.8 cm³/mol. The molecule has 3 rings (SSSR count). The van der Waals surface area contributed by atoms with Gasteiger partial charge >= 0.3 is 11.9 Å². The van der Waals surface area contributed by atoms with Crippen LogP contribution in [-0.4, -0.2) is 23.9 Å². The Morgan fingerprint density at radius 1 is 1.20 bits per heavy atom. The van der Waals surface area contributed by atoms with Crippen molar-refractivity contribution in [3.63, 3.8) is 0 Å². The summed E-state index contributed by atoms with van der Waals surface area (Å²) in [5, 5.41) is 0. The fourth-order valence-electron chi connectivity index (χ4n) is 2.66. The van der Waals surface area contributed by atoms with Crippen LogP contribution in [0.3, 0.4) is 0 Å². The molecule has 0 spiro atoms. The summed E-state index contributed by atoms with van der Waals surface area (Å²) in [6.07, 6.45) is -0.972. The van der Waals surface area contributed by atoms with Gasteiger partial charge in [-0.1, -0.05) is 30.3 Å². The van der Waals surface area contributed by atoms with Gasteiger partial charge < -0.3 is 15.2 Å². The van der Waals surface area contributed by atoms with Crippen molar-refractivity contribution in [1.29, 1.82) is 0 Å². The number of ether oxygens (including phenoxy) is 2. The van der Waals surface area contributed by atoms with Crippen molar-refractivity contribution >= 4 is 17.8 Å². The summed E-state index contributed by atoms with van der Waals surface area (Å²) < 4.78 is 10.5. The van der Waals surface area contributed by atoms with Crippen LogP contribution in [0.15, 0.2) is 48.5 Å². The van der Waals surface area contributed by atoms with Gasteiger partial charge in [0.05, 0.1) is 11.1 Å². The van der Waals surface area contributed by atoms with Crippen molar-refractivity contribution < 1.29 is 23.9 Å². The Balaban J connectivity index is 1.85. The van der Waals surface area contributed by atoms with Gasteiger partial charge in [-0.3, -0.25) is 4.79 Å². The minimum atomic E-state index is -1.02. The van der Waals surface area contributed by atoms with E-state index in [4.69, 9.17) is 15.2 Å². The summed E-state index contributed by atoms with van der Waals surface area (Å²) in [7, 11) is 0. The van der Waals surface area contributed by atoms with Crippen LogP contribution in [-0.2, 0) is 20.7 Å². The van der Waals surface area contributed by atoms with Crippen LogP contribution in [0, 0.1) is 0 Å². The van der Waals surface area contributed by atoms with Gasteiger partial charge in [0.15, 0.2) is 6.10 Å². The zero-order chi connectivity index (χ0) is 18.0. The lowest BCUT2D eigenvalue weighted by molar-refractivity contribution is -0.125. The molecule has 0 bridgehead atoms. The lowest BCUT2D eigenvalue weighted by atomic mass is 9.93. The number of cyclic esters (lactones) is 1. The van der Waals surface area contributed by atoms with E-state index in [2.05, 4.69) is 0 Å². The maximum absolute atomic E-state index is 12.2. The molecule has 0 fully saturated rings. The number of rotatable bonds is 4. The van der Waals surface area contributed by atoms with Crippen molar-refractivity contribution in [3.05, 3.63) is 70.8 Å². The van der Waals surface area contributed by atoms with E-state index in [1.54, 1.807) is 6.07 Å². The van der Waals surface area contributed by atoms with Gasteiger partial charge in [0.1, 0.15) is 6.10 Å². The molecule has 0 saturated carbocycles. The Kier molecular flexibility index (Phi) is 4.52. The highest BCUT2D eigenvalue weighted by Crippen LogP contribution is 2.31. The first-order valence-corrected chi connectivity index (χ1v) is 7.85. The third-order valence-electron chi connectivity index (χ3n) is 4.07. The number of fused-ring (bicyclic) bond motifs is 1. The van der Waals surface area contributed by atoms with E-state index >= 15 is 0 Å². The third-order valence-corrected chi connectivity index (χ3v) is 4.07. The van der Waals surface area contributed by atoms with Crippen molar-refractivity contribution in [2.24, 2.45) is 5.73 Å². The van der Waals surface area contributed by atoms with E-state index in [0.29, 0.717) is 17.5 Å². The highest BCUT2D eigenvalue weighted by molar-refractivity contribution is 5.96. The monoisotopic (exact) mass is 339 g/mol. The van der Waals surface area contributed by atoms with Crippen LogP contribution < -0.4 is 5.73 Å². The van der Waals surface area contributed by atoms with Gasteiger partial charge in [-0.25, -0.2) is 9.59 Å². The second-order valence-electron chi connectivity index (χ2n) is 5.83. The molecule has 1 heterocycles. The largest absolute Gasteiger partial charge is 0.454 e. The molecule has 0 aromatic heterocycles. The summed E-state index contributed by atoms with van der Waals surface area (Å²) in [6.45, 7) is 1.40. The molecule has 6 nitrogen and oxygen atoms in total. The fourth-order valence-corrected chi connectivity index (χ4v) is 2.66. The molecule has 2 aromatic rings. The quantitative estimate of drug-likeness (QED) is 0.861. The Labute approximate surface area is 144 Å². The topological polar surface area (TPSA) is 95.7 Å². The van der Waals surface area contributed by atoms with Crippen LogP contribution in [0.2, 0.25) is 0 Å². The van der Waals surface area contributed by atoms with Crippen molar-refractivity contribution in [1.82, 2.24) is 0 Å². The summed E-state index contributed by atoms with van der Waals surface area (Å²) in [5.41, 5.74) is 7.36. The zero-order valence-corrected chi connectivity index (χ0v) is 13.6. The summed E-state index contributed by atoms with van der Waals surface area (Å²) in [5.74, 6) is -1.82. The molecular formula is C19H17NO5. The minimum Gasteiger partial charge on any atom is -0.454 e. The van der Waals surface area contributed by atoms with Gasteiger partial charge in [-0.15, -0.1) is 0 Å². The van der Waals surface area contributed by atoms with Crippen LogP contribution >= 0.6 is 0 Å². The average molecular weight is 339 g/mol.